The van der Waals surface area contributed by atoms with Gasteiger partial charge in [-0.3, -0.25) is 14.2 Å². The first kappa shape index (κ1) is 15.8. The molecule has 0 aliphatic rings. The summed E-state index contributed by atoms with van der Waals surface area (Å²) >= 11 is 3.50. The minimum absolute atomic E-state index is 0.0326. The van der Waals surface area contributed by atoms with Crippen molar-refractivity contribution in [2.24, 2.45) is 13.0 Å². The van der Waals surface area contributed by atoms with E-state index in [4.69, 9.17) is 0 Å². The Morgan fingerprint density at radius 3 is 2.52 bits per heavy atom. The zero-order chi connectivity index (χ0) is 15.7. The summed E-state index contributed by atoms with van der Waals surface area (Å²) in [6, 6.07) is 0. The average Bonchev–Trinajstić information content (AvgIpc) is 2.87. The van der Waals surface area contributed by atoms with Crippen LogP contribution in [0.1, 0.15) is 24.0 Å². The third-order valence-electron chi connectivity index (χ3n) is 3.68. The zero-order valence-electron chi connectivity index (χ0n) is 12.9. The number of aryl methyl sites for hydroxylation is 2. The van der Waals surface area contributed by atoms with E-state index in [1.807, 2.05) is 39.4 Å². The van der Waals surface area contributed by atoms with Crippen LogP contribution < -0.4 is 5.32 Å². The van der Waals surface area contributed by atoms with E-state index in [1.54, 1.807) is 10.9 Å². The SMILES string of the molecule is Cc1nn(CC(C)C(=O)Nc2cnn(C)c2C)c(C)c1Br. The van der Waals surface area contributed by atoms with Gasteiger partial charge in [0.15, 0.2) is 0 Å². The Kier molecular flexibility index (Phi) is 4.51. The first-order valence-electron chi connectivity index (χ1n) is 6.80. The molecule has 1 atom stereocenters. The zero-order valence-corrected chi connectivity index (χ0v) is 14.5. The van der Waals surface area contributed by atoms with Crippen molar-refractivity contribution in [3.05, 3.63) is 27.8 Å². The third-order valence-corrected chi connectivity index (χ3v) is 4.83. The molecule has 2 rings (SSSR count). The van der Waals surface area contributed by atoms with Crippen LogP contribution in [0.15, 0.2) is 10.7 Å². The van der Waals surface area contributed by atoms with Crippen LogP contribution in [-0.2, 0) is 18.4 Å². The fourth-order valence-electron chi connectivity index (χ4n) is 2.07. The Labute approximate surface area is 132 Å². The van der Waals surface area contributed by atoms with Crippen molar-refractivity contribution in [2.75, 3.05) is 5.32 Å². The summed E-state index contributed by atoms with van der Waals surface area (Å²) in [5.74, 6) is -0.218. The highest BCUT2D eigenvalue weighted by molar-refractivity contribution is 9.10. The summed E-state index contributed by atoms with van der Waals surface area (Å²) in [5, 5.41) is 11.5. The molecule has 0 radical (unpaired) electrons. The summed E-state index contributed by atoms with van der Waals surface area (Å²) in [4.78, 5) is 12.3. The summed E-state index contributed by atoms with van der Waals surface area (Å²) in [6.45, 7) is 8.29. The lowest BCUT2D eigenvalue weighted by atomic mass is 10.1. The first-order valence-corrected chi connectivity index (χ1v) is 7.59. The van der Waals surface area contributed by atoms with Gasteiger partial charge >= 0.3 is 0 Å². The van der Waals surface area contributed by atoms with Crippen LogP contribution >= 0.6 is 15.9 Å². The third kappa shape index (κ3) is 3.18. The van der Waals surface area contributed by atoms with Gasteiger partial charge in [-0.1, -0.05) is 6.92 Å². The normalized spacial score (nSPS) is 12.5. The quantitative estimate of drug-likeness (QED) is 0.918. The number of aromatic nitrogens is 4. The molecule has 7 heteroatoms. The van der Waals surface area contributed by atoms with E-state index < -0.39 is 0 Å². The molecule has 0 saturated heterocycles. The lowest BCUT2D eigenvalue weighted by Gasteiger charge is -2.13. The number of anilines is 1. The summed E-state index contributed by atoms with van der Waals surface area (Å²) in [7, 11) is 1.85. The van der Waals surface area contributed by atoms with Crippen LogP contribution in [0.4, 0.5) is 5.69 Å². The molecule has 2 aromatic rings. The maximum absolute atomic E-state index is 12.3. The number of hydrogen-bond acceptors (Lipinski definition) is 3. The second-order valence-electron chi connectivity index (χ2n) is 5.32. The average molecular weight is 354 g/mol. The molecule has 2 heterocycles. The minimum atomic E-state index is -0.186. The van der Waals surface area contributed by atoms with Gasteiger partial charge in [-0.2, -0.15) is 10.2 Å². The Morgan fingerprint density at radius 1 is 1.38 bits per heavy atom. The van der Waals surface area contributed by atoms with Gasteiger partial charge in [0.2, 0.25) is 5.91 Å². The van der Waals surface area contributed by atoms with E-state index in [2.05, 4.69) is 31.4 Å². The van der Waals surface area contributed by atoms with Crippen LogP contribution in [0.5, 0.6) is 0 Å². The molecule has 0 bridgehead atoms. The second-order valence-corrected chi connectivity index (χ2v) is 6.12. The summed E-state index contributed by atoms with van der Waals surface area (Å²) < 4.78 is 4.59. The van der Waals surface area contributed by atoms with Gasteiger partial charge in [0.1, 0.15) is 0 Å². The molecule has 21 heavy (non-hydrogen) atoms. The molecule has 0 saturated carbocycles. The molecular weight excluding hydrogens is 334 g/mol. The van der Waals surface area contributed by atoms with Crippen molar-refractivity contribution in [3.8, 4) is 0 Å². The molecule has 0 fully saturated rings. The van der Waals surface area contributed by atoms with Crippen LogP contribution in [-0.4, -0.2) is 25.5 Å². The van der Waals surface area contributed by atoms with E-state index in [-0.39, 0.29) is 11.8 Å². The number of nitrogens with zero attached hydrogens (tertiary/aromatic N) is 4. The van der Waals surface area contributed by atoms with Crippen LogP contribution in [0.25, 0.3) is 0 Å². The van der Waals surface area contributed by atoms with E-state index in [9.17, 15) is 4.79 Å². The topological polar surface area (TPSA) is 64.7 Å². The fourth-order valence-corrected chi connectivity index (χ4v) is 2.36. The van der Waals surface area contributed by atoms with Crippen molar-refractivity contribution >= 4 is 27.5 Å². The van der Waals surface area contributed by atoms with E-state index in [0.29, 0.717) is 6.54 Å². The van der Waals surface area contributed by atoms with Gasteiger partial charge < -0.3 is 5.32 Å². The van der Waals surface area contributed by atoms with Crippen molar-refractivity contribution in [2.45, 2.75) is 34.2 Å². The minimum Gasteiger partial charge on any atom is -0.323 e. The molecule has 0 aromatic carbocycles. The van der Waals surface area contributed by atoms with Gasteiger partial charge in [-0.25, -0.2) is 0 Å². The molecule has 1 N–H and O–H groups in total. The lowest BCUT2D eigenvalue weighted by Crippen LogP contribution is -2.25. The maximum Gasteiger partial charge on any atom is 0.229 e. The Balaban J connectivity index is 2.06. The highest BCUT2D eigenvalue weighted by atomic mass is 79.9. The van der Waals surface area contributed by atoms with Gasteiger partial charge in [0.25, 0.3) is 0 Å². The maximum atomic E-state index is 12.3. The number of carbonyl (C=O) groups excluding carboxylic acids is 1. The molecule has 0 spiro atoms. The summed E-state index contributed by atoms with van der Waals surface area (Å²) in [5.41, 5.74) is 3.65. The molecule has 6 nitrogen and oxygen atoms in total. The van der Waals surface area contributed by atoms with E-state index in [1.165, 1.54) is 0 Å². The van der Waals surface area contributed by atoms with E-state index >= 15 is 0 Å². The largest absolute Gasteiger partial charge is 0.323 e. The Morgan fingerprint density at radius 2 is 2.05 bits per heavy atom. The van der Waals surface area contributed by atoms with Gasteiger partial charge in [-0.05, 0) is 36.7 Å². The molecule has 0 aliphatic carbocycles. The second kappa shape index (κ2) is 6.01. The van der Waals surface area contributed by atoms with Crippen LogP contribution in [0.2, 0.25) is 0 Å². The molecule has 1 unspecified atom stereocenters. The molecule has 114 valence electrons. The fraction of sp³-hybridized carbons (Fsp3) is 0.500. The number of amides is 1. The molecular formula is C14H20BrN5O. The van der Waals surface area contributed by atoms with E-state index in [0.717, 1.165) is 27.2 Å². The smallest absolute Gasteiger partial charge is 0.229 e. The Bertz CT molecular complexity index is 673. The Hall–Kier alpha value is -1.63. The molecule has 2 aromatic heterocycles. The summed E-state index contributed by atoms with van der Waals surface area (Å²) in [6.07, 6.45) is 1.67. The monoisotopic (exact) mass is 353 g/mol. The van der Waals surface area contributed by atoms with Crippen molar-refractivity contribution in [1.29, 1.82) is 0 Å². The first-order chi connectivity index (χ1) is 9.81. The standard InChI is InChI=1S/C14H20BrN5O/c1-8(7-20-11(4)13(15)9(2)18-20)14(21)17-12-6-16-19(5)10(12)3/h6,8H,7H2,1-5H3,(H,17,21). The number of nitrogens with one attached hydrogen (secondary N) is 1. The predicted molar refractivity (Wildman–Crippen MR) is 85.1 cm³/mol. The lowest BCUT2D eigenvalue weighted by molar-refractivity contribution is -0.119. The highest BCUT2D eigenvalue weighted by Gasteiger charge is 2.18. The molecule has 0 aliphatic heterocycles. The van der Waals surface area contributed by atoms with Crippen molar-refractivity contribution in [1.82, 2.24) is 19.6 Å². The van der Waals surface area contributed by atoms with Gasteiger partial charge in [-0.15, -0.1) is 0 Å². The van der Waals surface area contributed by atoms with Gasteiger partial charge in [0, 0.05) is 12.7 Å². The van der Waals surface area contributed by atoms with Gasteiger partial charge in [0.05, 0.1) is 40.2 Å². The highest BCUT2D eigenvalue weighted by Crippen LogP contribution is 2.21. The van der Waals surface area contributed by atoms with Crippen molar-refractivity contribution in [3.63, 3.8) is 0 Å². The predicted octanol–water partition coefficient (Wildman–Crippen LogP) is 2.58. The van der Waals surface area contributed by atoms with Crippen LogP contribution in [0.3, 0.4) is 0 Å². The van der Waals surface area contributed by atoms with Crippen LogP contribution in [0, 0.1) is 26.7 Å². The van der Waals surface area contributed by atoms with Crippen molar-refractivity contribution < 1.29 is 4.79 Å². The number of hydrogen-bond donors (Lipinski definition) is 1. The number of carbonyl (C=O) groups is 1. The number of rotatable bonds is 4. The number of halogens is 1. The molecule has 1 amide bonds.